The first-order chi connectivity index (χ1) is 8.94. The maximum Gasteiger partial charge on any atom is 0.326 e. The molecule has 2 saturated carbocycles. The van der Waals surface area contributed by atoms with E-state index in [4.69, 9.17) is 0 Å². The summed E-state index contributed by atoms with van der Waals surface area (Å²) in [5, 5.41) is 12.1. The number of aliphatic carboxylic acids is 1. The number of rotatable bonds is 6. The summed E-state index contributed by atoms with van der Waals surface area (Å²) in [4.78, 5) is 23.8. The van der Waals surface area contributed by atoms with Crippen LogP contribution in [0.25, 0.3) is 0 Å². The average Bonchev–Trinajstić information content (AvgIpc) is 3.05. The van der Waals surface area contributed by atoms with E-state index < -0.39 is 12.0 Å². The lowest BCUT2D eigenvalue weighted by atomic mass is 9.77. The van der Waals surface area contributed by atoms with Crippen molar-refractivity contribution in [1.82, 2.24) is 5.32 Å². The Morgan fingerprint density at radius 2 is 1.84 bits per heavy atom. The zero-order chi connectivity index (χ0) is 14.0. The van der Waals surface area contributed by atoms with Gasteiger partial charge in [-0.05, 0) is 43.9 Å². The maximum absolute atomic E-state index is 12.6. The van der Waals surface area contributed by atoms with Crippen LogP contribution in [0.3, 0.4) is 0 Å². The molecule has 0 saturated heterocycles. The van der Waals surface area contributed by atoms with Crippen LogP contribution >= 0.6 is 0 Å². The minimum atomic E-state index is -0.881. The molecule has 1 atom stereocenters. The molecule has 0 radical (unpaired) electrons. The van der Waals surface area contributed by atoms with Crippen molar-refractivity contribution in [2.45, 2.75) is 64.8 Å². The Morgan fingerprint density at radius 1 is 1.26 bits per heavy atom. The van der Waals surface area contributed by atoms with Gasteiger partial charge < -0.3 is 10.4 Å². The standard InChI is InChI=1S/C15H25NO3/c1-10(2)9-15(7-3-4-8-15)14(19)16-12(13(17)18)11-5-6-11/h10-12H,3-9H2,1-2H3,(H,16,19)(H,17,18). The lowest BCUT2D eigenvalue weighted by molar-refractivity contribution is -0.144. The molecule has 0 aromatic heterocycles. The smallest absolute Gasteiger partial charge is 0.326 e. The van der Waals surface area contributed by atoms with Gasteiger partial charge in [-0.15, -0.1) is 0 Å². The van der Waals surface area contributed by atoms with Crippen molar-refractivity contribution in [2.24, 2.45) is 17.3 Å². The molecule has 0 bridgehead atoms. The van der Waals surface area contributed by atoms with Crippen molar-refractivity contribution in [1.29, 1.82) is 0 Å². The van der Waals surface area contributed by atoms with Gasteiger partial charge >= 0.3 is 5.97 Å². The molecule has 0 spiro atoms. The summed E-state index contributed by atoms with van der Waals surface area (Å²) in [6, 6.07) is -0.669. The third kappa shape index (κ3) is 3.28. The van der Waals surface area contributed by atoms with Crippen molar-refractivity contribution < 1.29 is 14.7 Å². The Labute approximate surface area is 115 Å². The minimum Gasteiger partial charge on any atom is -0.480 e. The Bertz CT molecular complexity index is 354. The first-order valence-electron chi connectivity index (χ1n) is 7.48. The van der Waals surface area contributed by atoms with Crippen LogP contribution in [0.15, 0.2) is 0 Å². The first kappa shape index (κ1) is 14.4. The molecule has 0 aromatic rings. The fourth-order valence-corrected chi connectivity index (χ4v) is 3.46. The molecule has 2 rings (SSSR count). The molecule has 0 heterocycles. The van der Waals surface area contributed by atoms with Gasteiger partial charge in [0, 0.05) is 5.41 Å². The van der Waals surface area contributed by atoms with E-state index >= 15 is 0 Å². The molecule has 2 aliphatic rings. The second-order valence-electron chi connectivity index (χ2n) is 6.71. The maximum atomic E-state index is 12.6. The zero-order valence-electron chi connectivity index (χ0n) is 11.9. The number of carbonyl (C=O) groups is 2. The Hall–Kier alpha value is -1.06. The molecule has 0 aromatic carbocycles. The lowest BCUT2D eigenvalue weighted by Crippen LogP contribution is -2.49. The van der Waals surface area contributed by atoms with Gasteiger partial charge in [-0.25, -0.2) is 4.79 Å². The number of hydrogen-bond acceptors (Lipinski definition) is 2. The van der Waals surface area contributed by atoms with Crippen molar-refractivity contribution in [3.05, 3.63) is 0 Å². The van der Waals surface area contributed by atoms with Gasteiger partial charge in [0.1, 0.15) is 6.04 Å². The van der Waals surface area contributed by atoms with E-state index in [-0.39, 0.29) is 17.2 Å². The number of nitrogens with one attached hydrogen (secondary N) is 1. The molecular weight excluding hydrogens is 242 g/mol. The van der Waals surface area contributed by atoms with Gasteiger partial charge in [-0.2, -0.15) is 0 Å². The Balaban J connectivity index is 2.04. The molecule has 4 heteroatoms. The third-order valence-electron chi connectivity index (χ3n) is 4.49. The number of hydrogen-bond donors (Lipinski definition) is 2. The molecule has 2 fully saturated rings. The van der Waals surface area contributed by atoms with E-state index in [2.05, 4.69) is 19.2 Å². The van der Waals surface area contributed by atoms with Crippen molar-refractivity contribution in [2.75, 3.05) is 0 Å². The van der Waals surface area contributed by atoms with E-state index in [0.717, 1.165) is 44.9 Å². The summed E-state index contributed by atoms with van der Waals surface area (Å²) in [5.74, 6) is -0.279. The van der Waals surface area contributed by atoms with Gasteiger partial charge in [-0.1, -0.05) is 26.7 Å². The summed E-state index contributed by atoms with van der Waals surface area (Å²) in [5.41, 5.74) is -0.309. The Kier molecular flexibility index (Phi) is 4.16. The predicted molar refractivity (Wildman–Crippen MR) is 72.6 cm³/mol. The molecule has 0 aliphatic heterocycles. The van der Waals surface area contributed by atoms with Gasteiger partial charge in [0.15, 0.2) is 0 Å². The van der Waals surface area contributed by atoms with Crippen LogP contribution in [-0.4, -0.2) is 23.0 Å². The van der Waals surface area contributed by atoms with E-state index in [9.17, 15) is 14.7 Å². The SMILES string of the molecule is CC(C)CC1(C(=O)NC(C(=O)O)C2CC2)CCCC1. The topological polar surface area (TPSA) is 66.4 Å². The molecule has 108 valence electrons. The molecule has 19 heavy (non-hydrogen) atoms. The van der Waals surface area contributed by atoms with Crippen LogP contribution in [0.1, 0.15) is 58.8 Å². The van der Waals surface area contributed by atoms with Crippen LogP contribution in [-0.2, 0) is 9.59 Å². The highest BCUT2D eigenvalue weighted by Crippen LogP contribution is 2.44. The molecule has 1 amide bonds. The van der Waals surface area contributed by atoms with Crippen LogP contribution in [0.2, 0.25) is 0 Å². The second kappa shape index (κ2) is 5.51. The number of carbonyl (C=O) groups excluding carboxylic acids is 1. The lowest BCUT2D eigenvalue weighted by Gasteiger charge is -2.31. The van der Waals surface area contributed by atoms with Crippen LogP contribution in [0.4, 0.5) is 0 Å². The minimum absolute atomic E-state index is 0.0157. The quantitative estimate of drug-likeness (QED) is 0.777. The summed E-state index contributed by atoms with van der Waals surface area (Å²) >= 11 is 0. The van der Waals surface area contributed by atoms with Crippen LogP contribution in [0, 0.1) is 17.3 Å². The van der Waals surface area contributed by atoms with E-state index in [0.29, 0.717) is 5.92 Å². The van der Waals surface area contributed by atoms with Crippen LogP contribution < -0.4 is 5.32 Å². The number of carboxylic acids is 1. The summed E-state index contributed by atoms with van der Waals surface area (Å²) in [7, 11) is 0. The van der Waals surface area contributed by atoms with Gasteiger partial charge in [0.05, 0.1) is 0 Å². The van der Waals surface area contributed by atoms with Crippen LogP contribution in [0.5, 0.6) is 0 Å². The predicted octanol–water partition coefficient (Wildman–Crippen LogP) is 2.57. The summed E-state index contributed by atoms with van der Waals surface area (Å²) < 4.78 is 0. The molecule has 1 unspecified atom stereocenters. The highest BCUT2D eigenvalue weighted by molar-refractivity contribution is 5.88. The molecule has 2 N–H and O–H groups in total. The van der Waals surface area contributed by atoms with E-state index in [1.165, 1.54) is 0 Å². The summed E-state index contributed by atoms with van der Waals surface area (Å²) in [6.45, 7) is 4.26. The summed E-state index contributed by atoms with van der Waals surface area (Å²) in [6.07, 6.45) is 6.71. The number of amides is 1. The third-order valence-corrected chi connectivity index (χ3v) is 4.49. The van der Waals surface area contributed by atoms with Crippen molar-refractivity contribution in [3.8, 4) is 0 Å². The van der Waals surface area contributed by atoms with Gasteiger partial charge in [0.25, 0.3) is 0 Å². The van der Waals surface area contributed by atoms with Crippen molar-refractivity contribution in [3.63, 3.8) is 0 Å². The highest BCUT2D eigenvalue weighted by Gasteiger charge is 2.45. The highest BCUT2D eigenvalue weighted by atomic mass is 16.4. The van der Waals surface area contributed by atoms with E-state index in [1.54, 1.807) is 0 Å². The normalized spacial score (nSPS) is 23.3. The van der Waals surface area contributed by atoms with Gasteiger partial charge in [0.2, 0.25) is 5.91 Å². The Morgan fingerprint density at radius 3 is 2.26 bits per heavy atom. The average molecular weight is 267 g/mol. The van der Waals surface area contributed by atoms with E-state index in [1.807, 2.05) is 0 Å². The molecule has 4 nitrogen and oxygen atoms in total. The number of carboxylic acid groups (broad SMARTS) is 1. The van der Waals surface area contributed by atoms with Gasteiger partial charge in [-0.3, -0.25) is 4.79 Å². The largest absolute Gasteiger partial charge is 0.480 e. The molecule has 2 aliphatic carbocycles. The fraction of sp³-hybridized carbons (Fsp3) is 0.867. The monoisotopic (exact) mass is 267 g/mol. The second-order valence-corrected chi connectivity index (χ2v) is 6.71. The fourth-order valence-electron chi connectivity index (χ4n) is 3.46. The van der Waals surface area contributed by atoms with Crippen molar-refractivity contribution >= 4 is 11.9 Å². The first-order valence-corrected chi connectivity index (χ1v) is 7.48. The molecular formula is C15H25NO3. The zero-order valence-corrected chi connectivity index (χ0v) is 11.9.